The summed E-state index contributed by atoms with van der Waals surface area (Å²) in [6.07, 6.45) is 7.83. The van der Waals surface area contributed by atoms with Crippen LogP contribution in [-0.4, -0.2) is 107 Å². The molecule has 1 saturated carbocycles. The number of hydrogen-bond acceptors (Lipinski definition) is 10. The van der Waals surface area contributed by atoms with Gasteiger partial charge in [-0.1, -0.05) is 47.6 Å². The van der Waals surface area contributed by atoms with Crippen LogP contribution in [0.15, 0.2) is 48.4 Å². The van der Waals surface area contributed by atoms with Crippen LogP contribution in [0.4, 0.5) is 5.69 Å². The summed E-state index contributed by atoms with van der Waals surface area (Å²) < 4.78 is 19.9. The monoisotopic (exact) mass is 731 g/mol. The molecule has 0 atom stereocenters. The SMILES string of the molecule is CCN(CC)CC.CCN(CC)CC.CCOC1CC(n2cc(NC(=O)c3csc(-c4cnn(CP(=O)(O)O)c4)n3)c(-c3ccccn3)n2)C1. The van der Waals surface area contributed by atoms with Crippen molar-refractivity contribution >= 4 is 30.5 Å². The number of pyridine rings is 1. The summed E-state index contributed by atoms with van der Waals surface area (Å²) in [6.45, 7) is 22.9. The summed E-state index contributed by atoms with van der Waals surface area (Å²) in [5.74, 6) is -0.405. The Kier molecular flexibility index (Phi) is 16.9. The zero-order valence-corrected chi connectivity index (χ0v) is 32.1. The Hall–Kier alpha value is -3.30. The number of carbonyl (C=O) groups is 1. The van der Waals surface area contributed by atoms with E-state index in [0.717, 1.165) is 17.5 Å². The molecule has 0 bridgehead atoms. The molecule has 3 N–H and O–H groups in total. The van der Waals surface area contributed by atoms with E-state index in [1.165, 1.54) is 63.0 Å². The Labute approximate surface area is 300 Å². The summed E-state index contributed by atoms with van der Waals surface area (Å²) in [5, 5.41) is 13.7. The fraction of sp³-hybridized carbons (Fsp3) is 0.559. The van der Waals surface area contributed by atoms with E-state index in [1.807, 2.05) is 36.0 Å². The van der Waals surface area contributed by atoms with E-state index in [9.17, 15) is 9.36 Å². The summed E-state index contributed by atoms with van der Waals surface area (Å²) in [7, 11) is -4.26. The Morgan fingerprint density at radius 2 is 1.64 bits per heavy atom. The van der Waals surface area contributed by atoms with Crippen molar-refractivity contribution in [3.8, 4) is 22.0 Å². The molecule has 0 aromatic carbocycles. The van der Waals surface area contributed by atoms with Gasteiger partial charge in [0.25, 0.3) is 5.91 Å². The topological polar surface area (TPSA) is 164 Å². The Bertz CT molecular complexity index is 1590. The van der Waals surface area contributed by atoms with Crippen molar-refractivity contribution in [3.63, 3.8) is 0 Å². The van der Waals surface area contributed by atoms with Crippen LogP contribution < -0.4 is 5.32 Å². The van der Waals surface area contributed by atoms with Crippen LogP contribution in [0.25, 0.3) is 22.0 Å². The highest BCUT2D eigenvalue weighted by molar-refractivity contribution is 7.50. The predicted molar refractivity (Wildman–Crippen MR) is 199 cm³/mol. The third-order valence-corrected chi connectivity index (χ3v) is 9.91. The minimum Gasteiger partial charge on any atom is -0.378 e. The zero-order chi connectivity index (χ0) is 36.7. The Morgan fingerprint density at radius 1 is 1.00 bits per heavy atom. The van der Waals surface area contributed by atoms with Gasteiger partial charge in [-0.05, 0) is 71.2 Å². The number of nitrogens with one attached hydrogen (secondary N) is 1. The number of thiazole rings is 1. The number of rotatable bonds is 15. The predicted octanol–water partition coefficient (Wildman–Crippen LogP) is 6.09. The number of nitrogens with zero attached hydrogens (tertiary/aromatic N) is 8. The average Bonchev–Trinajstić information content (AvgIpc) is 3.85. The molecule has 0 saturated heterocycles. The van der Waals surface area contributed by atoms with E-state index in [4.69, 9.17) is 19.6 Å². The molecule has 0 aliphatic heterocycles. The van der Waals surface area contributed by atoms with Gasteiger partial charge in [-0.3, -0.25) is 23.7 Å². The molecule has 16 heteroatoms. The third kappa shape index (κ3) is 12.5. The van der Waals surface area contributed by atoms with Crippen LogP contribution in [0.2, 0.25) is 0 Å². The minimum atomic E-state index is -4.26. The van der Waals surface area contributed by atoms with Gasteiger partial charge in [-0.2, -0.15) is 10.2 Å². The van der Waals surface area contributed by atoms with Crippen LogP contribution in [0.1, 0.15) is 77.8 Å². The van der Waals surface area contributed by atoms with Crippen LogP contribution >= 0.6 is 18.9 Å². The number of amides is 1. The largest absolute Gasteiger partial charge is 0.378 e. The van der Waals surface area contributed by atoms with E-state index < -0.39 is 19.8 Å². The normalized spacial score (nSPS) is 15.6. The van der Waals surface area contributed by atoms with E-state index in [1.54, 1.807) is 11.6 Å². The fourth-order valence-electron chi connectivity index (χ4n) is 5.27. The molecule has 0 spiro atoms. The molecule has 4 aromatic heterocycles. The average molecular weight is 732 g/mol. The lowest BCUT2D eigenvalue weighted by Gasteiger charge is -2.34. The van der Waals surface area contributed by atoms with Crippen molar-refractivity contribution in [2.75, 3.05) is 51.2 Å². The van der Waals surface area contributed by atoms with Crippen LogP contribution in [0, 0.1) is 0 Å². The lowest BCUT2D eigenvalue weighted by molar-refractivity contribution is -0.0226. The van der Waals surface area contributed by atoms with Gasteiger partial charge < -0.3 is 29.6 Å². The maximum atomic E-state index is 13.1. The van der Waals surface area contributed by atoms with Crippen molar-refractivity contribution in [1.29, 1.82) is 0 Å². The maximum Gasteiger partial charge on any atom is 0.346 e. The van der Waals surface area contributed by atoms with Gasteiger partial charge in [-0.15, -0.1) is 11.3 Å². The molecule has 0 unspecified atom stereocenters. The molecule has 50 heavy (non-hydrogen) atoms. The number of ether oxygens (including phenoxy) is 1. The van der Waals surface area contributed by atoms with Crippen molar-refractivity contribution in [2.24, 2.45) is 0 Å². The molecule has 0 radical (unpaired) electrons. The van der Waals surface area contributed by atoms with Crippen LogP contribution in [-0.2, 0) is 15.6 Å². The summed E-state index contributed by atoms with van der Waals surface area (Å²) >= 11 is 1.23. The Balaban J connectivity index is 0.000000408. The smallest absolute Gasteiger partial charge is 0.346 e. The van der Waals surface area contributed by atoms with Gasteiger partial charge in [-0.25, -0.2) is 4.98 Å². The van der Waals surface area contributed by atoms with Crippen molar-refractivity contribution in [1.82, 2.24) is 39.3 Å². The first kappa shape index (κ1) is 41.1. The van der Waals surface area contributed by atoms with Crippen molar-refractivity contribution < 1.29 is 23.9 Å². The second kappa shape index (κ2) is 20.5. The molecule has 1 fully saturated rings. The molecule has 4 heterocycles. The standard InChI is InChI=1S/C22H24N7O5PS.2C6H15N/c1-2-34-16-7-15(8-16)29-11-18(20(27-29)17-5-3-4-6-23-17)25-21(30)19-12-36-22(26-19)14-9-24-28(10-14)13-35(31,32)33;2*1-4-7(5-2)6-3/h3-6,9-12,15-16H,2,7-8,13H2,1H3,(H,25,30)(H2,31,32,33);2*4-6H2,1-3H3. The summed E-state index contributed by atoms with van der Waals surface area (Å²) in [5.41, 5.74) is 2.50. The highest BCUT2D eigenvalue weighted by Crippen LogP contribution is 2.38. The van der Waals surface area contributed by atoms with Gasteiger partial charge in [0, 0.05) is 36.1 Å². The molecule has 1 aliphatic carbocycles. The van der Waals surface area contributed by atoms with E-state index >= 15 is 0 Å². The molecule has 14 nitrogen and oxygen atoms in total. The lowest BCUT2D eigenvalue weighted by atomic mass is 9.89. The quantitative estimate of drug-likeness (QED) is 0.121. The number of aromatic nitrogens is 6. The van der Waals surface area contributed by atoms with Crippen molar-refractivity contribution in [3.05, 3.63) is 54.1 Å². The molecule has 4 aromatic rings. The Morgan fingerprint density at radius 3 is 2.16 bits per heavy atom. The molecule has 276 valence electrons. The van der Waals surface area contributed by atoms with Gasteiger partial charge >= 0.3 is 7.60 Å². The maximum absolute atomic E-state index is 13.1. The molecular weight excluding hydrogens is 677 g/mol. The third-order valence-electron chi connectivity index (χ3n) is 8.36. The molecule has 5 rings (SSSR count). The first-order valence-electron chi connectivity index (χ1n) is 17.4. The molecular formula is C34H54N9O5PS. The number of carbonyl (C=O) groups excluding carboxylic acids is 1. The second-order valence-electron chi connectivity index (χ2n) is 11.6. The number of anilines is 1. The van der Waals surface area contributed by atoms with Crippen LogP contribution in [0.3, 0.4) is 0 Å². The fourth-order valence-corrected chi connectivity index (χ4v) is 6.57. The lowest BCUT2D eigenvalue weighted by Crippen LogP contribution is -2.33. The van der Waals surface area contributed by atoms with E-state index in [0.29, 0.717) is 34.3 Å². The second-order valence-corrected chi connectivity index (χ2v) is 14.1. The minimum absolute atomic E-state index is 0.185. The summed E-state index contributed by atoms with van der Waals surface area (Å²) in [4.78, 5) is 44.9. The zero-order valence-electron chi connectivity index (χ0n) is 30.4. The van der Waals surface area contributed by atoms with Gasteiger partial charge in [0.2, 0.25) is 0 Å². The van der Waals surface area contributed by atoms with Gasteiger partial charge in [0.1, 0.15) is 22.7 Å². The summed E-state index contributed by atoms with van der Waals surface area (Å²) in [6, 6.07) is 5.70. The van der Waals surface area contributed by atoms with Crippen molar-refractivity contribution in [2.45, 2.75) is 79.7 Å². The van der Waals surface area contributed by atoms with E-state index in [2.05, 4.69) is 71.7 Å². The highest BCUT2D eigenvalue weighted by Gasteiger charge is 2.32. The number of hydrogen-bond donors (Lipinski definition) is 3. The van der Waals surface area contributed by atoms with E-state index in [-0.39, 0.29) is 17.8 Å². The van der Waals surface area contributed by atoms with Gasteiger partial charge in [0.15, 0.2) is 0 Å². The first-order valence-corrected chi connectivity index (χ1v) is 20.1. The molecule has 1 aliphatic rings. The van der Waals surface area contributed by atoms with Crippen LogP contribution in [0.5, 0.6) is 0 Å². The molecule has 1 amide bonds. The van der Waals surface area contributed by atoms with Gasteiger partial charge in [0.05, 0.1) is 29.7 Å². The highest BCUT2D eigenvalue weighted by atomic mass is 32.1. The first-order chi connectivity index (χ1) is 24.0.